The Morgan fingerprint density at radius 2 is 2.11 bits per heavy atom. The number of rotatable bonds is 5. The van der Waals surface area contributed by atoms with Crippen LogP contribution in [0.3, 0.4) is 0 Å². The van der Waals surface area contributed by atoms with Crippen molar-refractivity contribution in [2.75, 3.05) is 6.61 Å². The second-order valence-corrected chi connectivity index (χ2v) is 3.98. The number of benzene rings is 1. The normalized spacial score (nSPS) is 9.95. The van der Waals surface area contributed by atoms with Gasteiger partial charge in [-0.1, -0.05) is 0 Å². The third-order valence-electron chi connectivity index (χ3n) is 2.52. The van der Waals surface area contributed by atoms with Crippen molar-refractivity contribution in [3.63, 3.8) is 0 Å². The zero-order chi connectivity index (χ0) is 13.7. The van der Waals surface area contributed by atoms with Gasteiger partial charge in [0.05, 0.1) is 23.9 Å². The van der Waals surface area contributed by atoms with Gasteiger partial charge in [-0.25, -0.2) is 0 Å². The molecule has 0 aliphatic heterocycles. The van der Waals surface area contributed by atoms with Crippen LogP contribution in [-0.4, -0.2) is 16.4 Å². The quantitative estimate of drug-likeness (QED) is 0.824. The minimum atomic E-state index is 0.368. The molecule has 1 aromatic heterocycles. The number of nitriles is 1. The van der Waals surface area contributed by atoms with E-state index in [2.05, 4.69) is 11.2 Å². The summed E-state index contributed by atoms with van der Waals surface area (Å²) in [6, 6.07) is 9.10. The molecule has 5 heteroatoms. The van der Waals surface area contributed by atoms with Crippen LogP contribution in [0.1, 0.15) is 18.2 Å². The van der Waals surface area contributed by atoms with Gasteiger partial charge in [-0.2, -0.15) is 10.4 Å². The summed E-state index contributed by atoms with van der Waals surface area (Å²) in [6.07, 6.45) is 1.86. The first-order chi connectivity index (χ1) is 9.22. The summed E-state index contributed by atoms with van der Waals surface area (Å²) in [5.74, 6) is 1.20. The lowest BCUT2D eigenvalue weighted by Gasteiger charge is -2.11. The second kappa shape index (κ2) is 5.91. The zero-order valence-corrected chi connectivity index (χ0v) is 11.0. The van der Waals surface area contributed by atoms with Gasteiger partial charge in [0.15, 0.2) is 11.5 Å². The molecule has 0 amide bonds. The Bertz CT molecular complexity index is 599. The topological polar surface area (TPSA) is 60.1 Å². The molecule has 0 saturated heterocycles. The summed E-state index contributed by atoms with van der Waals surface area (Å²) < 4.78 is 12.9. The van der Waals surface area contributed by atoms with Crippen LogP contribution in [0.25, 0.3) is 0 Å². The van der Waals surface area contributed by atoms with Gasteiger partial charge in [-0.05, 0) is 25.1 Å². The fraction of sp³-hybridized carbons (Fsp3) is 0.286. The molecule has 0 saturated carbocycles. The molecule has 0 unspecified atom stereocenters. The van der Waals surface area contributed by atoms with Gasteiger partial charge in [0.1, 0.15) is 6.61 Å². The summed E-state index contributed by atoms with van der Waals surface area (Å²) in [7, 11) is 1.86. The van der Waals surface area contributed by atoms with E-state index in [1.807, 2.05) is 26.2 Å². The molecule has 0 spiro atoms. The molecule has 0 bridgehead atoms. The largest absolute Gasteiger partial charge is 0.490 e. The minimum Gasteiger partial charge on any atom is -0.490 e. The first kappa shape index (κ1) is 13.0. The summed E-state index contributed by atoms with van der Waals surface area (Å²) in [5.41, 5.74) is 1.39. The molecule has 0 aliphatic rings. The summed E-state index contributed by atoms with van der Waals surface area (Å²) in [5, 5.41) is 13.1. The number of ether oxygens (including phenoxy) is 2. The highest BCUT2D eigenvalue weighted by Gasteiger charge is 2.07. The van der Waals surface area contributed by atoms with Crippen LogP contribution >= 0.6 is 0 Å². The smallest absolute Gasteiger partial charge is 0.162 e. The van der Waals surface area contributed by atoms with Crippen LogP contribution in [-0.2, 0) is 13.7 Å². The molecule has 5 nitrogen and oxygen atoms in total. The van der Waals surface area contributed by atoms with Crippen molar-refractivity contribution in [3.8, 4) is 17.6 Å². The summed E-state index contributed by atoms with van der Waals surface area (Å²) in [4.78, 5) is 0. The minimum absolute atomic E-state index is 0.368. The Morgan fingerprint density at radius 3 is 2.74 bits per heavy atom. The van der Waals surface area contributed by atoms with Crippen molar-refractivity contribution in [1.82, 2.24) is 9.78 Å². The highest BCUT2D eigenvalue weighted by atomic mass is 16.5. The predicted octanol–water partition coefficient (Wildman–Crippen LogP) is 2.27. The van der Waals surface area contributed by atoms with Gasteiger partial charge >= 0.3 is 0 Å². The van der Waals surface area contributed by atoms with E-state index in [1.54, 1.807) is 22.9 Å². The van der Waals surface area contributed by atoms with Gasteiger partial charge in [0.2, 0.25) is 0 Å². The van der Waals surface area contributed by atoms with E-state index in [-0.39, 0.29) is 0 Å². The maximum Gasteiger partial charge on any atom is 0.162 e. The van der Waals surface area contributed by atoms with Crippen molar-refractivity contribution < 1.29 is 9.47 Å². The monoisotopic (exact) mass is 257 g/mol. The molecule has 2 rings (SSSR count). The van der Waals surface area contributed by atoms with Crippen LogP contribution in [0, 0.1) is 11.3 Å². The maximum absolute atomic E-state index is 8.87. The molecule has 0 atom stereocenters. The lowest BCUT2D eigenvalue weighted by molar-refractivity contribution is 0.266. The SMILES string of the molecule is CCOc1cc(C#N)ccc1OCc1ccn(C)n1. The van der Waals surface area contributed by atoms with Crippen molar-refractivity contribution in [2.24, 2.45) is 7.05 Å². The number of nitrogens with zero attached hydrogens (tertiary/aromatic N) is 3. The van der Waals surface area contributed by atoms with Crippen LogP contribution in [0.4, 0.5) is 0 Å². The average Bonchev–Trinajstić information content (AvgIpc) is 2.83. The lowest BCUT2D eigenvalue weighted by Crippen LogP contribution is -2.01. The van der Waals surface area contributed by atoms with Crippen molar-refractivity contribution >= 4 is 0 Å². The molecular weight excluding hydrogens is 242 g/mol. The van der Waals surface area contributed by atoms with Gasteiger partial charge in [0.25, 0.3) is 0 Å². The zero-order valence-electron chi connectivity index (χ0n) is 11.0. The number of hydrogen-bond donors (Lipinski definition) is 0. The van der Waals surface area contributed by atoms with Crippen LogP contribution in [0.5, 0.6) is 11.5 Å². The van der Waals surface area contributed by atoms with Crippen LogP contribution in [0.2, 0.25) is 0 Å². The molecule has 0 fully saturated rings. The Balaban J connectivity index is 2.12. The molecule has 0 N–H and O–H groups in total. The third kappa shape index (κ3) is 3.26. The average molecular weight is 257 g/mol. The number of hydrogen-bond acceptors (Lipinski definition) is 4. The molecule has 0 aliphatic carbocycles. The molecule has 1 heterocycles. The van der Waals surface area contributed by atoms with E-state index in [0.717, 1.165) is 5.69 Å². The van der Waals surface area contributed by atoms with E-state index in [1.165, 1.54) is 0 Å². The molecule has 2 aromatic rings. The Labute approximate surface area is 112 Å². The predicted molar refractivity (Wildman–Crippen MR) is 69.9 cm³/mol. The molecule has 19 heavy (non-hydrogen) atoms. The molecule has 98 valence electrons. The lowest BCUT2D eigenvalue weighted by atomic mass is 10.2. The van der Waals surface area contributed by atoms with E-state index in [9.17, 15) is 0 Å². The molecular formula is C14H15N3O2. The molecule has 0 radical (unpaired) electrons. The van der Waals surface area contributed by atoms with E-state index in [4.69, 9.17) is 14.7 Å². The van der Waals surface area contributed by atoms with Crippen LogP contribution < -0.4 is 9.47 Å². The van der Waals surface area contributed by atoms with E-state index in [0.29, 0.717) is 30.3 Å². The van der Waals surface area contributed by atoms with Crippen molar-refractivity contribution in [2.45, 2.75) is 13.5 Å². The van der Waals surface area contributed by atoms with Gasteiger partial charge in [-0.15, -0.1) is 0 Å². The Morgan fingerprint density at radius 1 is 1.26 bits per heavy atom. The third-order valence-corrected chi connectivity index (χ3v) is 2.52. The van der Waals surface area contributed by atoms with E-state index < -0.39 is 0 Å². The Kier molecular flexibility index (Phi) is 4.04. The van der Waals surface area contributed by atoms with Gasteiger partial charge in [-0.3, -0.25) is 4.68 Å². The highest BCUT2D eigenvalue weighted by Crippen LogP contribution is 2.28. The first-order valence-electron chi connectivity index (χ1n) is 6.01. The van der Waals surface area contributed by atoms with Crippen molar-refractivity contribution in [1.29, 1.82) is 5.26 Å². The Hall–Kier alpha value is -2.48. The standard InChI is InChI=1S/C14H15N3O2/c1-3-18-14-8-11(9-15)4-5-13(14)19-10-12-6-7-17(2)16-12/h4-8H,3,10H2,1-2H3. The summed E-state index contributed by atoms with van der Waals surface area (Å²) >= 11 is 0. The number of aromatic nitrogens is 2. The molecule has 1 aromatic carbocycles. The van der Waals surface area contributed by atoms with Gasteiger partial charge < -0.3 is 9.47 Å². The fourth-order valence-corrected chi connectivity index (χ4v) is 1.66. The van der Waals surface area contributed by atoms with Crippen molar-refractivity contribution in [3.05, 3.63) is 41.7 Å². The first-order valence-corrected chi connectivity index (χ1v) is 6.01. The number of aryl methyl sites for hydroxylation is 1. The summed E-state index contributed by atoms with van der Waals surface area (Å²) in [6.45, 7) is 2.78. The highest BCUT2D eigenvalue weighted by molar-refractivity contribution is 5.46. The fourth-order valence-electron chi connectivity index (χ4n) is 1.66. The maximum atomic E-state index is 8.87. The van der Waals surface area contributed by atoms with E-state index >= 15 is 0 Å². The second-order valence-electron chi connectivity index (χ2n) is 3.98. The van der Waals surface area contributed by atoms with Crippen LogP contribution in [0.15, 0.2) is 30.5 Å². The van der Waals surface area contributed by atoms with Gasteiger partial charge in [0, 0.05) is 19.3 Å².